The number of carbonyl (C=O) groups excluding carboxylic acids is 2. The van der Waals surface area contributed by atoms with Crippen LogP contribution >= 0.6 is 11.3 Å². The summed E-state index contributed by atoms with van der Waals surface area (Å²) < 4.78 is 0. The molecule has 2 N–H and O–H groups in total. The Kier molecular flexibility index (Phi) is 5.39. The Morgan fingerprint density at radius 2 is 1.95 bits per heavy atom. The van der Waals surface area contributed by atoms with Gasteiger partial charge >= 0.3 is 0 Å². The fraction of sp³-hybridized carbons (Fsp3) is 0.625. The van der Waals surface area contributed by atoms with Gasteiger partial charge in [0.25, 0.3) is 0 Å². The normalized spacial score (nSPS) is 17.9. The largest absolute Gasteiger partial charge is 0.346 e. The van der Waals surface area contributed by atoms with Crippen molar-refractivity contribution in [3.63, 3.8) is 0 Å². The molecule has 5 heteroatoms. The molecule has 1 saturated carbocycles. The molecule has 2 amide bonds. The quantitative estimate of drug-likeness (QED) is 0.849. The monoisotopic (exact) mass is 308 g/mol. The lowest BCUT2D eigenvalue weighted by Crippen LogP contribution is -2.48. The summed E-state index contributed by atoms with van der Waals surface area (Å²) >= 11 is 1.64. The maximum Gasteiger partial charge on any atom is 0.242 e. The maximum absolute atomic E-state index is 12.3. The van der Waals surface area contributed by atoms with Crippen LogP contribution in [-0.4, -0.2) is 17.9 Å². The van der Waals surface area contributed by atoms with Crippen LogP contribution in [0.4, 0.5) is 0 Å². The van der Waals surface area contributed by atoms with E-state index < -0.39 is 6.04 Å². The van der Waals surface area contributed by atoms with E-state index in [2.05, 4.69) is 24.5 Å². The number of thiophene rings is 1. The number of nitrogens with one attached hydrogen (secondary N) is 2. The van der Waals surface area contributed by atoms with Gasteiger partial charge in [0.1, 0.15) is 6.04 Å². The van der Waals surface area contributed by atoms with E-state index in [9.17, 15) is 9.59 Å². The highest BCUT2D eigenvalue weighted by Gasteiger charge is 2.28. The van der Waals surface area contributed by atoms with Gasteiger partial charge in [0.05, 0.1) is 6.04 Å². The molecule has 1 heterocycles. The first-order valence-electron chi connectivity index (χ1n) is 7.63. The summed E-state index contributed by atoms with van der Waals surface area (Å²) in [5, 5.41) is 7.89. The van der Waals surface area contributed by atoms with E-state index in [1.807, 2.05) is 17.5 Å². The van der Waals surface area contributed by atoms with Crippen LogP contribution in [0.2, 0.25) is 0 Å². The van der Waals surface area contributed by atoms with Crippen LogP contribution in [0.3, 0.4) is 0 Å². The van der Waals surface area contributed by atoms with E-state index in [1.165, 1.54) is 0 Å². The van der Waals surface area contributed by atoms with E-state index >= 15 is 0 Å². The molecule has 2 rings (SSSR count). The minimum Gasteiger partial charge on any atom is -0.346 e. The van der Waals surface area contributed by atoms with Crippen LogP contribution in [0.15, 0.2) is 17.5 Å². The van der Waals surface area contributed by atoms with E-state index in [-0.39, 0.29) is 23.8 Å². The Morgan fingerprint density at radius 3 is 2.43 bits per heavy atom. The maximum atomic E-state index is 12.3. The highest BCUT2D eigenvalue weighted by molar-refractivity contribution is 7.10. The molecule has 0 radical (unpaired) electrons. The van der Waals surface area contributed by atoms with Crippen molar-refractivity contribution in [3.05, 3.63) is 22.4 Å². The van der Waals surface area contributed by atoms with Gasteiger partial charge in [0, 0.05) is 10.8 Å². The molecular weight excluding hydrogens is 284 g/mol. The zero-order chi connectivity index (χ0) is 15.4. The van der Waals surface area contributed by atoms with E-state index in [0.717, 1.165) is 24.1 Å². The van der Waals surface area contributed by atoms with Gasteiger partial charge in [-0.1, -0.05) is 26.3 Å². The lowest BCUT2D eigenvalue weighted by Gasteiger charge is -2.27. The number of rotatable bonds is 6. The SMILES string of the molecule is CC(C)[C@H](NC(=O)[C@H](C)NC(=O)C1CCC1)c1cccs1. The summed E-state index contributed by atoms with van der Waals surface area (Å²) in [5.41, 5.74) is 0. The van der Waals surface area contributed by atoms with Gasteiger partial charge in [-0.05, 0) is 37.1 Å². The van der Waals surface area contributed by atoms with Gasteiger partial charge in [-0.15, -0.1) is 11.3 Å². The van der Waals surface area contributed by atoms with Gasteiger partial charge < -0.3 is 10.6 Å². The van der Waals surface area contributed by atoms with Crippen molar-refractivity contribution in [3.8, 4) is 0 Å². The zero-order valence-corrected chi connectivity index (χ0v) is 13.7. The smallest absolute Gasteiger partial charge is 0.242 e. The van der Waals surface area contributed by atoms with E-state index in [1.54, 1.807) is 18.3 Å². The molecule has 0 bridgehead atoms. The minimum atomic E-state index is -0.487. The first-order chi connectivity index (χ1) is 9.99. The molecule has 0 unspecified atom stereocenters. The third kappa shape index (κ3) is 4.06. The van der Waals surface area contributed by atoms with Crippen molar-refractivity contribution in [1.82, 2.24) is 10.6 Å². The molecule has 0 aliphatic heterocycles. The molecular formula is C16H24N2O2S. The van der Waals surface area contributed by atoms with Crippen LogP contribution in [-0.2, 0) is 9.59 Å². The second kappa shape index (κ2) is 7.07. The fourth-order valence-corrected chi connectivity index (χ4v) is 3.33. The van der Waals surface area contributed by atoms with Crippen LogP contribution in [0.1, 0.15) is 51.0 Å². The van der Waals surface area contributed by atoms with Crippen LogP contribution in [0.25, 0.3) is 0 Å². The molecule has 1 aliphatic carbocycles. The molecule has 1 aliphatic rings. The molecule has 0 spiro atoms. The predicted molar refractivity (Wildman–Crippen MR) is 85.0 cm³/mol. The standard InChI is InChI=1S/C16H24N2O2S/c1-10(2)14(13-8-5-9-21-13)18-15(19)11(3)17-16(20)12-6-4-7-12/h5,8-12,14H,4,6-7H2,1-3H3,(H,17,20)(H,18,19)/t11-,14-/m0/s1. The number of hydrogen-bond acceptors (Lipinski definition) is 3. The highest BCUT2D eigenvalue weighted by Crippen LogP contribution is 2.27. The van der Waals surface area contributed by atoms with Crippen molar-refractivity contribution in [2.45, 2.75) is 52.1 Å². The fourth-order valence-electron chi connectivity index (χ4n) is 2.38. The van der Waals surface area contributed by atoms with Crippen LogP contribution in [0, 0.1) is 11.8 Å². The predicted octanol–water partition coefficient (Wildman–Crippen LogP) is 2.87. The number of carbonyl (C=O) groups is 2. The first-order valence-corrected chi connectivity index (χ1v) is 8.51. The van der Waals surface area contributed by atoms with Crippen molar-refractivity contribution >= 4 is 23.2 Å². The minimum absolute atomic E-state index is 0.000514. The Morgan fingerprint density at radius 1 is 1.24 bits per heavy atom. The Hall–Kier alpha value is -1.36. The molecule has 1 aromatic rings. The van der Waals surface area contributed by atoms with Crippen molar-refractivity contribution in [2.24, 2.45) is 11.8 Å². The zero-order valence-electron chi connectivity index (χ0n) is 12.9. The van der Waals surface area contributed by atoms with Gasteiger partial charge in [-0.25, -0.2) is 0 Å². The molecule has 0 saturated heterocycles. The topological polar surface area (TPSA) is 58.2 Å². The van der Waals surface area contributed by atoms with Gasteiger partial charge in [0.2, 0.25) is 11.8 Å². The lowest BCUT2D eigenvalue weighted by molar-refractivity contribution is -0.132. The summed E-state index contributed by atoms with van der Waals surface area (Å²) in [5.74, 6) is 0.316. The highest BCUT2D eigenvalue weighted by atomic mass is 32.1. The second-order valence-corrected chi connectivity index (χ2v) is 7.08. The van der Waals surface area contributed by atoms with Gasteiger partial charge in [-0.3, -0.25) is 9.59 Å². The average Bonchev–Trinajstić information content (AvgIpc) is 2.86. The Labute approximate surface area is 130 Å². The molecule has 21 heavy (non-hydrogen) atoms. The number of amides is 2. The summed E-state index contributed by atoms with van der Waals surface area (Å²) in [6, 6.07) is 3.54. The first kappa shape index (κ1) is 16.0. The summed E-state index contributed by atoms with van der Waals surface area (Å²) in [4.78, 5) is 25.3. The van der Waals surface area contributed by atoms with Crippen molar-refractivity contribution in [2.75, 3.05) is 0 Å². The molecule has 1 aromatic heterocycles. The number of hydrogen-bond donors (Lipinski definition) is 2. The molecule has 0 aromatic carbocycles. The van der Waals surface area contributed by atoms with Crippen molar-refractivity contribution in [1.29, 1.82) is 0 Å². The van der Waals surface area contributed by atoms with Crippen molar-refractivity contribution < 1.29 is 9.59 Å². The third-order valence-electron chi connectivity index (χ3n) is 4.04. The van der Waals surface area contributed by atoms with E-state index in [4.69, 9.17) is 0 Å². The summed E-state index contributed by atoms with van der Waals surface area (Å²) in [6.45, 7) is 5.92. The Balaban J connectivity index is 1.90. The summed E-state index contributed by atoms with van der Waals surface area (Å²) in [7, 11) is 0. The van der Waals surface area contributed by atoms with Crippen LogP contribution < -0.4 is 10.6 Å². The Bertz CT molecular complexity index is 480. The van der Waals surface area contributed by atoms with E-state index in [0.29, 0.717) is 5.92 Å². The van der Waals surface area contributed by atoms with Gasteiger partial charge in [0.15, 0.2) is 0 Å². The average molecular weight is 308 g/mol. The second-order valence-electron chi connectivity index (χ2n) is 6.10. The molecule has 2 atom stereocenters. The molecule has 1 fully saturated rings. The third-order valence-corrected chi connectivity index (χ3v) is 5.00. The lowest BCUT2D eigenvalue weighted by atomic mass is 9.84. The molecule has 116 valence electrons. The van der Waals surface area contributed by atoms with Gasteiger partial charge in [-0.2, -0.15) is 0 Å². The van der Waals surface area contributed by atoms with Crippen LogP contribution in [0.5, 0.6) is 0 Å². The molecule has 4 nitrogen and oxygen atoms in total. The summed E-state index contributed by atoms with van der Waals surface area (Å²) in [6.07, 6.45) is 3.01.